The number of carbonyl (C=O) groups is 2. The van der Waals surface area contributed by atoms with Crippen molar-refractivity contribution in [2.75, 3.05) is 5.73 Å². The molecule has 0 fully saturated rings. The number of carboxylic acid groups (broad SMARTS) is 1. The number of amides is 1. The fourth-order valence-electron chi connectivity index (χ4n) is 1.69. The van der Waals surface area contributed by atoms with Gasteiger partial charge in [0.2, 0.25) is 5.91 Å². The number of hydrogen-bond donors (Lipinski definition) is 3. The first kappa shape index (κ1) is 15.8. The van der Waals surface area contributed by atoms with Gasteiger partial charge in [-0.2, -0.15) is 0 Å². The van der Waals surface area contributed by atoms with Crippen LogP contribution < -0.4 is 11.1 Å². The molecule has 0 bridgehead atoms. The van der Waals surface area contributed by atoms with Gasteiger partial charge in [0.1, 0.15) is 0 Å². The van der Waals surface area contributed by atoms with Crippen molar-refractivity contribution in [3.05, 3.63) is 35.9 Å². The van der Waals surface area contributed by atoms with Gasteiger partial charge in [0.05, 0.1) is 0 Å². The van der Waals surface area contributed by atoms with Crippen LogP contribution in [0, 0.1) is 0 Å². The summed E-state index contributed by atoms with van der Waals surface area (Å²) in [6, 6.07) is 7.19. The summed E-state index contributed by atoms with van der Waals surface area (Å²) < 4.78 is 0. The van der Waals surface area contributed by atoms with E-state index in [1.54, 1.807) is 32.1 Å². The highest BCUT2D eigenvalue weighted by atomic mass is 16.4. The minimum Gasteiger partial charge on any atom is -0.481 e. The third-order valence-electron chi connectivity index (χ3n) is 2.76. The highest BCUT2D eigenvalue weighted by Gasteiger charge is 2.20. The molecule has 0 radical (unpaired) electrons. The molecule has 108 valence electrons. The van der Waals surface area contributed by atoms with Crippen molar-refractivity contribution < 1.29 is 14.7 Å². The van der Waals surface area contributed by atoms with E-state index in [1.165, 1.54) is 6.08 Å². The van der Waals surface area contributed by atoms with Crippen LogP contribution >= 0.6 is 0 Å². The van der Waals surface area contributed by atoms with Crippen LogP contribution in [0.15, 0.2) is 30.3 Å². The molecule has 0 atom stereocenters. The van der Waals surface area contributed by atoms with E-state index in [4.69, 9.17) is 10.8 Å². The third-order valence-corrected chi connectivity index (χ3v) is 2.76. The second kappa shape index (κ2) is 6.75. The highest BCUT2D eigenvalue weighted by molar-refractivity contribution is 5.92. The van der Waals surface area contributed by atoms with Gasteiger partial charge in [-0.25, -0.2) is 0 Å². The molecule has 0 aliphatic rings. The molecule has 5 heteroatoms. The molecule has 0 saturated heterocycles. The predicted octanol–water partition coefficient (Wildman–Crippen LogP) is 2.04. The van der Waals surface area contributed by atoms with Crippen molar-refractivity contribution in [2.45, 2.75) is 32.2 Å². The second-order valence-corrected chi connectivity index (χ2v) is 5.27. The lowest BCUT2D eigenvalue weighted by atomic mass is 9.98. The summed E-state index contributed by atoms with van der Waals surface area (Å²) in [6.07, 6.45) is 3.47. The minimum absolute atomic E-state index is 0.0201. The molecule has 1 amide bonds. The number of rotatable bonds is 6. The molecule has 4 N–H and O–H groups in total. The van der Waals surface area contributed by atoms with E-state index < -0.39 is 11.5 Å². The lowest BCUT2D eigenvalue weighted by Gasteiger charge is -2.24. The average Bonchev–Trinajstić information content (AvgIpc) is 2.34. The molecule has 1 rings (SSSR count). The van der Waals surface area contributed by atoms with E-state index >= 15 is 0 Å². The largest absolute Gasteiger partial charge is 0.481 e. The highest BCUT2D eigenvalue weighted by Crippen LogP contribution is 2.12. The zero-order valence-corrected chi connectivity index (χ0v) is 11.7. The first-order chi connectivity index (χ1) is 9.28. The normalized spacial score (nSPS) is 11.5. The van der Waals surface area contributed by atoms with Crippen molar-refractivity contribution in [1.29, 1.82) is 0 Å². The summed E-state index contributed by atoms with van der Waals surface area (Å²) in [7, 11) is 0. The molecule has 0 aliphatic carbocycles. The standard InChI is InChI=1S/C15H20N2O3/c1-15(2,9-8-14(19)20)17-13(18)7-6-11-4-3-5-12(16)10-11/h3-7,10H,8-9,16H2,1-2H3,(H,17,18)(H,19,20)/b7-6+. The van der Waals surface area contributed by atoms with Crippen molar-refractivity contribution >= 4 is 23.6 Å². The van der Waals surface area contributed by atoms with Crippen molar-refractivity contribution in [1.82, 2.24) is 5.32 Å². The molecule has 1 aromatic carbocycles. The predicted molar refractivity (Wildman–Crippen MR) is 79.0 cm³/mol. The van der Waals surface area contributed by atoms with Crippen molar-refractivity contribution in [2.24, 2.45) is 0 Å². The fraction of sp³-hybridized carbons (Fsp3) is 0.333. The molecule has 0 unspecified atom stereocenters. The molecule has 0 spiro atoms. The quantitative estimate of drug-likeness (QED) is 0.547. The number of nitrogens with one attached hydrogen (secondary N) is 1. The van der Waals surface area contributed by atoms with Gasteiger partial charge in [0, 0.05) is 23.7 Å². The van der Waals surface area contributed by atoms with Crippen LogP contribution in [0.25, 0.3) is 6.08 Å². The Bertz CT molecular complexity index is 522. The van der Waals surface area contributed by atoms with Crippen LogP contribution in [0.2, 0.25) is 0 Å². The van der Waals surface area contributed by atoms with E-state index in [-0.39, 0.29) is 12.3 Å². The summed E-state index contributed by atoms with van der Waals surface area (Å²) in [5.41, 5.74) is 6.55. The Hall–Kier alpha value is -2.30. The first-order valence-corrected chi connectivity index (χ1v) is 6.36. The topological polar surface area (TPSA) is 92.4 Å². The van der Waals surface area contributed by atoms with Crippen LogP contribution in [0.1, 0.15) is 32.3 Å². The first-order valence-electron chi connectivity index (χ1n) is 6.36. The zero-order chi connectivity index (χ0) is 15.2. The van der Waals surface area contributed by atoms with Gasteiger partial charge in [-0.1, -0.05) is 12.1 Å². The van der Waals surface area contributed by atoms with Crippen molar-refractivity contribution in [3.8, 4) is 0 Å². The average molecular weight is 276 g/mol. The maximum Gasteiger partial charge on any atom is 0.303 e. The lowest BCUT2D eigenvalue weighted by molar-refractivity contribution is -0.137. The van der Waals surface area contributed by atoms with Crippen LogP contribution in [0.3, 0.4) is 0 Å². The number of hydrogen-bond acceptors (Lipinski definition) is 3. The fourth-order valence-corrected chi connectivity index (χ4v) is 1.69. The van der Waals surface area contributed by atoms with Gasteiger partial charge in [0.25, 0.3) is 0 Å². The number of benzene rings is 1. The zero-order valence-electron chi connectivity index (χ0n) is 11.7. The number of carboxylic acids is 1. The molecule has 1 aromatic rings. The summed E-state index contributed by atoms with van der Waals surface area (Å²) in [5.74, 6) is -1.13. The number of anilines is 1. The van der Waals surface area contributed by atoms with Crippen LogP contribution in [-0.4, -0.2) is 22.5 Å². The summed E-state index contributed by atoms with van der Waals surface area (Å²) in [6.45, 7) is 3.59. The van der Waals surface area contributed by atoms with Crippen LogP contribution in [0.5, 0.6) is 0 Å². The van der Waals surface area contributed by atoms with Crippen LogP contribution in [0.4, 0.5) is 5.69 Å². The Balaban J connectivity index is 2.56. The third kappa shape index (κ3) is 6.04. The minimum atomic E-state index is -0.873. The maximum absolute atomic E-state index is 11.8. The molecular formula is C15H20N2O3. The maximum atomic E-state index is 11.8. The van der Waals surface area contributed by atoms with E-state index in [1.807, 2.05) is 12.1 Å². The molecule has 0 heterocycles. The molecule has 5 nitrogen and oxygen atoms in total. The molecule has 20 heavy (non-hydrogen) atoms. The molecular weight excluding hydrogens is 256 g/mol. The van der Waals surface area contributed by atoms with E-state index in [2.05, 4.69) is 5.32 Å². The Morgan fingerprint density at radius 3 is 2.70 bits per heavy atom. The summed E-state index contributed by atoms with van der Waals surface area (Å²) in [5, 5.41) is 11.4. The van der Waals surface area contributed by atoms with Crippen LogP contribution in [-0.2, 0) is 9.59 Å². The Morgan fingerprint density at radius 2 is 2.10 bits per heavy atom. The van der Waals surface area contributed by atoms with Gasteiger partial charge in [-0.05, 0) is 44.0 Å². The van der Waals surface area contributed by atoms with Gasteiger partial charge >= 0.3 is 5.97 Å². The van der Waals surface area contributed by atoms with E-state index in [0.29, 0.717) is 12.1 Å². The second-order valence-electron chi connectivity index (χ2n) is 5.27. The monoisotopic (exact) mass is 276 g/mol. The summed E-state index contributed by atoms with van der Waals surface area (Å²) >= 11 is 0. The Kier molecular flexibility index (Phi) is 5.32. The van der Waals surface area contributed by atoms with Gasteiger partial charge in [-0.15, -0.1) is 0 Å². The smallest absolute Gasteiger partial charge is 0.303 e. The van der Waals surface area contributed by atoms with Gasteiger partial charge in [0.15, 0.2) is 0 Å². The SMILES string of the molecule is CC(C)(CCC(=O)O)NC(=O)/C=C/c1cccc(N)c1. The molecule has 0 aromatic heterocycles. The number of aliphatic carboxylic acids is 1. The molecule has 0 saturated carbocycles. The van der Waals surface area contributed by atoms with Crippen molar-refractivity contribution in [3.63, 3.8) is 0 Å². The lowest BCUT2D eigenvalue weighted by Crippen LogP contribution is -2.42. The van der Waals surface area contributed by atoms with E-state index in [0.717, 1.165) is 5.56 Å². The van der Waals surface area contributed by atoms with Gasteiger partial charge in [-0.3, -0.25) is 9.59 Å². The number of carbonyl (C=O) groups excluding carboxylic acids is 1. The van der Waals surface area contributed by atoms with Gasteiger partial charge < -0.3 is 16.2 Å². The number of nitrogens with two attached hydrogens (primary N) is 1. The number of nitrogen functional groups attached to an aromatic ring is 1. The Morgan fingerprint density at radius 1 is 1.40 bits per heavy atom. The molecule has 0 aliphatic heterocycles. The summed E-state index contributed by atoms with van der Waals surface area (Å²) in [4.78, 5) is 22.3. The van der Waals surface area contributed by atoms with E-state index in [9.17, 15) is 9.59 Å². The Labute approximate surface area is 118 Å².